The van der Waals surface area contributed by atoms with Crippen molar-refractivity contribution < 1.29 is 9.53 Å². The highest BCUT2D eigenvalue weighted by atomic mass is 35.5. The molecule has 0 N–H and O–H groups in total. The van der Waals surface area contributed by atoms with E-state index in [-0.39, 0.29) is 6.01 Å². The van der Waals surface area contributed by atoms with Gasteiger partial charge in [-0.1, -0.05) is 29.8 Å². The van der Waals surface area contributed by atoms with Crippen LogP contribution in [0.3, 0.4) is 0 Å². The fourth-order valence-electron chi connectivity index (χ4n) is 1.80. The van der Waals surface area contributed by atoms with E-state index in [0.717, 1.165) is 5.69 Å². The lowest BCUT2D eigenvalue weighted by Gasteiger charge is -2.04. The van der Waals surface area contributed by atoms with Crippen LogP contribution in [0.2, 0.25) is 5.02 Å². The monoisotopic (exact) mass is 299 g/mol. The Morgan fingerprint density at radius 1 is 1.14 bits per heavy atom. The number of ether oxygens (including phenoxy) is 1. The first kappa shape index (κ1) is 13.3. The number of hydrogen-bond donors (Lipinski definition) is 0. The smallest absolute Gasteiger partial charge is 0.341 e. The molecule has 0 saturated heterocycles. The Bertz CT molecular complexity index is 772. The molecule has 0 unspecified atom stereocenters. The van der Waals surface area contributed by atoms with Crippen molar-refractivity contribution in [1.82, 2.24) is 14.8 Å². The van der Waals surface area contributed by atoms with Crippen molar-refractivity contribution in [3.63, 3.8) is 0 Å². The third-order valence-electron chi connectivity index (χ3n) is 2.79. The first-order chi connectivity index (χ1) is 10.3. The minimum Gasteiger partial charge on any atom is -0.422 e. The number of rotatable bonds is 4. The van der Waals surface area contributed by atoms with Crippen molar-refractivity contribution in [3.8, 4) is 17.4 Å². The normalized spacial score (nSPS) is 10.3. The van der Waals surface area contributed by atoms with Crippen LogP contribution in [0.4, 0.5) is 0 Å². The maximum atomic E-state index is 11.0. The Morgan fingerprint density at radius 2 is 1.95 bits per heavy atom. The van der Waals surface area contributed by atoms with Gasteiger partial charge in [0.15, 0.2) is 6.29 Å². The van der Waals surface area contributed by atoms with Gasteiger partial charge in [0.25, 0.3) is 0 Å². The molecular formula is C15H10ClN3O2. The highest BCUT2D eigenvalue weighted by Gasteiger charge is 2.09. The second-order valence-electron chi connectivity index (χ2n) is 4.21. The van der Waals surface area contributed by atoms with Crippen LogP contribution in [-0.2, 0) is 0 Å². The maximum absolute atomic E-state index is 11.0. The van der Waals surface area contributed by atoms with Crippen molar-refractivity contribution in [2.75, 3.05) is 0 Å². The Balaban J connectivity index is 1.87. The van der Waals surface area contributed by atoms with E-state index in [2.05, 4.69) is 10.1 Å². The summed E-state index contributed by atoms with van der Waals surface area (Å²) in [7, 11) is 0. The number of nitrogens with zero attached hydrogens (tertiary/aromatic N) is 3. The zero-order valence-electron chi connectivity index (χ0n) is 10.8. The van der Waals surface area contributed by atoms with E-state index in [9.17, 15) is 4.79 Å². The van der Waals surface area contributed by atoms with Crippen LogP contribution in [0.25, 0.3) is 5.69 Å². The summed E-state index contributed by atoms with van der Waals surface area (Å²) in [5.74, 6) is 0.361. The molecule has 0 aliphatic heterocycles. The van der Waals surface area contributed by atoms with E-state index in [4.69, 9.17) is 16.3 Å². The zero-order valence-corrected chi connectivity index (χ0v) is 11.6. The van der Waals surface area contributed by atoms with Gasteiger partial charge in [-0.15, -0.1) is 5.10 Å². The molecule has 5 nitrogen and oxygen atoms in total. The predicted molar refractivity (Wildman–Crippen MR) is 78.3 cm³/mol. The second kappa shape index (κ2) is 5.76. The molecule has 0 amide bonds. The summed E-state index contributed by atoms with van der Waals surface area (Å²) in [5.41, 5.74) is 1.21. The minimum absolute atomic E-state index is 0.157. The van der Waals surface area contributed by atoms with Crippen LogP contribution in [-0.4, -0.2) is 21.1 Å². The largest absolute Gasteiger partial charge is 0.422 e. The first-order valence-electron chi connectivity index (χ1n) is 6.16. The molecule has 0 saturated carbocycles. The summed E-state index contributed by atoms with van der Waals surface area (Å²) in [5, 5.41) is 4.67. The number of benzene rings is 2. The topological polar surface area (TPSA) is 57.0 Å². The molecule has 0 aliphatic rings. The summed E-state index contributed by atoms with van der Waals surface area (Å²) in [6.45, 7) is 0. The summed E-state index contributed by atoms with van der Waals surface area (Å²) in [4.78, 5) is 15.1. The lowest BCUT2D eigenvalue weighted by atomic mass is 10.2. The maximum Gasteiger partial charge on any atom is 0.341 e. The molecule has 0 spiro atoms. The lowest BCUT2D eigenvalue weighted by molar-refractivity contribution is 0.112. The quantitative estimate of drug-likeness (QED) is 0.692. The van der Waals surface area contributed by atoms with Crippen molar-refractivity contribution in [3.05, 3.63) is 65.4 Å². The van der Waals surface area contributed by atoms with E-state index in [1.165, 1.54) is 6.07 Å². The van der Waals surface area contributed by atoms with Gasteiger partial charge in [0.1, 0.15) is 12.1 Å². The molecule has 0 aliphatic carbocycles. The predicted octanol–water partition coefficient (Wildman–Crippen LogP) is 3.53. The van der Waals surface area contributed by atoms with Gasteiger partial charge in [0, 0.05) is 5.02 Å². The van der Waals surface area contributed by atoms with Gasteiger partial charge in [0.05, 0.1) is 11.3 Å². The van der Waals surface area contributed by atoms with Gasteiger partial charge >= 0.3 is 6.01 Å². The van der Waals surface area contributed by atoms with E-state index in [0.29, 0.717) is 22.6 Å². The van der Waals surface area contributed by atoms with Crippen LogP contribution in [0.15, 0.2) is 54.9 Å². The molecule has 0 radical (unpaired) electrons. The molecule has 21 heavy (non-hydrogen) atoms. The van der Waals surface area contributed by atoms with E-state index in [1.54, 1.807) is 23.1 Å². The van der Waals surface area contributed by atoms with Crippen molar-refractivity contribution in [1.29, 1.82) is 0 Å². The van der Waals surface area contributed by atoms with Gasteiger partial charge in [-0.2, -0.15) is 4.98 Å². The number of aldehydes is 1. The van der Waals surface area contributed by atoms with Crippen LogP contribution in [0, 0.1) is 0 Å². The summed E-state index contributed by atoms with van der Waals surface area (Å²) in [6, 6.07) is 14.5. The van der Waals surface area contributed by atoms with Gasteiger partial charge in [-0.25, -0.2) is 4.68 Å². The average molecular weight is 300 g/mol. The molecule has 104 valence electrons. The van der Waals surface area contributed by atoms with E-state index >= 15 is 0 Å². The molecule has 0 atom stereocenters. The third-order valence-corrected chi connectivity index (χ3v) is 3.03. The van der Waals surface area contributed by atoms with Crippen LogP contribution >= 0.6 is 11.6 Å². The van der Waals surface area contributed by atoms with Crippen molar-refractivity contribution in [2.45, 2.75) is 0 Å². The molecule has 3 rings (SSSR count). The molecule has 0 bridgehead atoms. The molecule has 3 aromatic rings. The summed E-state index contributed by atoms with van der Waals surface area (Å²) in [6.07, 6.45) is 2.22. The van der Waals surface area contributed by atoms with Crippen LogP contribution < -0.4 is 4.74 Å². The summed E-state index contributed by atoms with van der Waals surface area (Å²) < 4.78 is 7.11. The van der Waals surface area contributed by atoms with Crippen LogP contribution in [0.5, 0.6) is 11.8 Å². The van der Waals surface area contributed by atoms with Crippen molar-refractivity contribution >= 4 is 17.9 Å². The van der Waals surface area contributed by atoms with Gasteiger partial charge in [-0.3, -0.25) is 4.79 Å². The van der Waals surface area contributed by atoms with E-state index < -0.39 is 0 Å². The minimum atomic E-state index is 0.157. The van der Waals surface area contributed by atoms with Gasteiger partial charge < -0.3 is 4.74 Å². The van der Waals surface area contributed by atoms with Crippen molar-refractivity contribution in [2.24, 2.45) is 0 Å². The SMILES string of the molecule is O=Cc1cc(Cl)ccc1Oc1ncn(-c2ccccc2)n1. The first-order valence-corrected chi connectivity index (χ1v) is 6.54. The molecule has 0 fully saturated rings. The van der Waals surface area contributed by atoms with Crippen LogP contribution in [0.1, 0.15) is 10.4 Å². The van der Waals surface area contributed by atoms with Gasteiger partial charge in [-0.05, 0) is 30.3 Å². The fraction of sp³-hybridized carbons (Fsp3) is 0. The standard InChI is InChI=1S/C15H10ClN3O2/c16-12-6-7-14(11(8-12)9-20)21-15-17-10-19(18-15)13-4-2-1-3-5-13/h1-10H. The molecule has 1 heterocycles. The Labute approximate surface area is 125 Å². The highest BCUT2D eigenvalue weighted by molar-refractivity contribution is 6.30. The number of para-hydroxylation sites is 1. The molecule has 2 aromatic carbocycles. The Hall–Kier alpha value is -2.66. The number of carbonyl (C=O) groups is 1. The molecular weight excluding hydrogens is 290 g/mol. The zero-order chi connectivity index (χ0) is 14.7. The van der Waals surface area contributed by atoms with E-state index in [1.807, 2.05) is 30.3 Å². The average Bonchev–Trinajstić information content (AvgIpc) is 2.98. The highest BCUT2D eigenvalue weighted by Crippen LogP contribution is 2.25. The third kappa shape index (κ3) is 2.93. The Kier molecular flexibility index (Phi) is 3.66. The van der Waals surface area contributed by atoms with Gasteiger partial charge in [0.2, 0.25) is 0 Å². The number of carbonyl (C=O) groups excluding carboxylic acids is 1. The second-order valence-corrected chi connectivity index (χ2v) is 4.65. The number of halogens is 1. The Morgan fingerprint density at radius 3 is 2.71 bits per heavy atom. The summed E-state index contributed by atoms with van der Waals surface area (Å²) >= 11 is 5.83. The molecule has 6 heteroatoms. The lowest BCUT2D eigenvalue weighted by Crippen LogP contribution is -1.95. The fourth-order valence-corrected chi connectivity index (χ4v) is 1.98. The molecule has 1 aromatic heterocycles. The number of aromatic nitrogens is 3. The number of hydrogen-bond acceptors (Lipinski definition) is 4.